The third-order valence-corrected chi connectivity index (χ3v) is 5.64. The number of hydrogen-bond donors (Lipinski definition) is 2. The normalized spacial score (nSPS) is 28.8. The molecular weight excluding hydrogens is 413 g/mol. The highest BCUT2D eigenvalue weighted by atomic mass is 127. The highest BCUT2D eigenvalue weighted by Gasteiger charge is 2.34. The van der Waals surface area contributed by atoms with Gasteiger partial charge in [-0.3, -0.25) is 9.89 Å². The second kappa shape index (κ2) is 10.2. The summed E-state index contributed by atoms with van der Waals surface area (Å²) >= 11 is 0. The molecule has 2 aliphatic heterocycles. The molecule has 2 saturated heterocycles. The first-order valence-electron chi connectivity index (χ1n) is 9.80. The van der Waals surface area contributed by atoms with Crippen molar-refractivity contribution in [1.29, 1.82) is 0 Å². The van der Waals surface area contributed by atoms with E-state index in [0.29, 0.717) is 6.04 Å². The fourth-order valence-corrected chi connectivity index (χ4v) is 4.10. The Kier molecular flexibility index (Phi) is 8.57. The molecule has 2 atom stereocenters. The van der Waals surface area contributed by atoms with Gasteiger partial charge in [0.05, 0.1) is 0 Å². The van der Waals surface area contributed by atoms with Crippen LogP contribution in [0.1, 0.15) is 46.0 Å². The maximum atomic E-state index is 4.87. The molecule has 0 spiro atoms. The van der Waals surface area contributed by atoms with Crippen LogP contribution in [-0.4, -0.2) is 73.7 Å². The summed E-state index contributed by atoms with van der Waals surface area (Å²) in [5, 5.41) is 7.00. The third kappa shape index (κ3) is 5.73. The Bertz CT molecular complexity index is 399. The zero-order valence-electron chi connectivity index (χ0n) is 15.5. The number of rotatable bonds is 7. The molecule has 3 rings (SSSR count). The van der Waals surface area contributed by atoms with Crippen LogP contribution in [-0.2, 0) is 0 Å². The van der Waals surface area contributed by atoms with Gasteiger partial charge in [-0.2, -0.15) is 0 Å². The first-order chi connectivity index (χ1) is 11.3. The van der Waals surface area contributed by atoms with Crippen LogP contribution < -0.4 is 10.6 Å². The number of aliphatic imine (C=N–C) groups is 1. The Morgan fingerprint density at radius 2 is 1.92 bits per heavy atom. The van der Waals surface area contributed by atoms with E-state index >= 15 is 0 Å². The van der Waals surface area contributed by atoms with Crippen LogP contribution in [0.3, 0.4) is 0 Å². The fraction of sp³-hybridized carbons (Fsp3) is 0.944. The van der Waals surface area contributed by atoms with Crippen molar-refractivity contribution in [2.24, 2.45) is 10.9 Å². The molecule has 0 aromatic heterocycles. The number of likely N-dealkylation sites (tertiary alicyclic amines) is 2. The molecule has 2 heterocycles. The molecule has 1 saturated carbocycles. The molecule has 0 amide bonds. The fourth-order valence-electron chi connectivity index (χ4n) is 4.10. The molecule has 0 aromatic carbocycles. The first kappa shape index (κ1) is 20.2. The van der Waals surface area contributed by atoms with Gasteiger partial charge in [0.1, 0.15) is 0 Å². The van der Waals surface area contributed by atoms with Gasteiger partial charge in [0.2, 0.25) is 0 Å². The average Bonchev–Trinajstić information content (AvgIpc) is 3.13. The lowest BCUT2D eigenvalue weighted by Crippen LogP contribution is -2.45. The van der Waals surface area contributed by atoms with Gasteiger partial charge >= 0.3 is 0 Å². The van der Waals surface area contributed by atoms with Crippen molar-refractivity contribution in [2.45, 2.75) is 58.0 Å². The van der Waals surface area contributed by atoms with Gasteiger partial charge in [-0.05, 0) is 64.6 Å². The number of nitrogens with one attached hydrogen (secondary N) is 2. The SMILES string of the molecule is CCNC(=NCC1CCN(C2CC2)C1)NCC1CCCN1CC.I. The maximum absolute atomic E-state index is 4.87. The van der Waals surface area contributed by atoms with Crippen LogP contribution >= 0.6 is 24.0 Å². The van der Waals surface area contributed by atoms with E-state index in [2.05, 4.69) is 34.3 Å². The molecule has 2 N–H and O–H groups in total. The average molecular weight is 449 g/mol. The van der Waals surface area contributed by atoms with E-state index in [4.69, 9.17) is 4.99 Å². The monoisotopic (exact) mass is 449 g/mol. The van der Waals surface area contributed by atoms with E-state index in [1.54, 1.807) is 0 Å². The molecule has 0 aromatic rings. The molecule has 0 radical (unpaired) electrons. The van der Waals surface area contributed by atoms with E-state index in [1.165, 1.54) is 58.3 Å². The van der Waals surface area contributed by atoms with Crippen molar-refractivity contribution >= 4 is 29.9 Å². The summed E-state index contributed by atoms with van der Waals surface area (Å²) in [4.78, 5) is 10.1. The van der Waals surface area contributed by atoms with E-state index in [0.717, 1.165) is 37.6 Å². The van der Waals surface area contributed by atoms with E-state index in [-0.39, 0.29) is 24.0 Å². The van der Waals surface area contributed by atoms with Crippen molar-refractivity contribution < 1.29 is 0 Å². The smallest absolute Gasteiger partial charge is 0.191 e. The topological polar surface area (TPSA) is 42.9 Å². The highest BCUT2D eigenvalue weighted by Crippen LogP contribution is 2.31. The second-order valence-corrected chi connectivity index (χ2v) is 7.41. The largest absolute Gasteiger partial charge is 0.357 e. The molecule has 1 aliphatic carbocycles. The Hall–Kier alpha value is -0.0800. The Morgan fingerprint density at radius 3 is 2.62 bits per heavy atom. The summed E-state index contributed by atoms with van der Waals surface area (Å²) in [5.74, 6) is 1.77. The third-order valence-electron chi connectivity index (χ3n) is 5.64. The van der Waals surface area contributed by atoms with Crippen molar-refractivity contribution in [1.82, 2.24) is 20.4 Å². The molecular formula is C18H36IN5. The van der Waals surface area contributed by atoms with Crippen molar-refractivity contribution in [3.8, 4) is 0 Å². The number of guanidine groups is 1. The van der Waals surface area contributed by atoms with E-state index < -0.39 is 0 Å². The summed E-state index contributed by atoms with van der Waals surface area (Å²) in [5.41, 5.74) is 0. The Morgan fingerprint density at radius 1 is 1.08 bits per heavy atom. The van der Waals surface area contributed by atoms with Gasteiger partial charge in [-0.1, -0.05) is 6.92 Å². The van der Waals surface area contributed by atoms with Crippen molar-refractivity contribution in [3.63, 3.8) is 0 Å². The predicted octanol–water partition coefficient (Wildman–Crippen LogP) is 2.13. The minimum atomic E-state index is 0. The standard InChI is InChI=1S/C18H35N5.HI/c1-3-19-18(21-13-17-6-5-10-22(17)4-2)20-12-15-9-11-23(14-15)16-7-8-16;/h15-17H,3-14H2,1-2H3,(H2,19,20,21);1H. The zero-order valence-corrected chi connectivity index (χ0v) is 17.8. The quantitative estimate of drug-likeness (QED) is 0.355. The molecule has 3 aliphatic rings. The molecule has 24 heavy (non-hydrogen) atoms. The summed E-state index contributed by atoms with van der Waals surface area (Å²) in [7, 11) is 0. The minimum Gasteiger partial charge on any atom is -0.357 e. The van der Waals surface area contributed by atoms with Gasteiger partial charge in [0.15, 0.2) is 5.96 Å². The zero-order chi connectivity index (χ0) is 16.1. The second-order valence-electron chi connectivity index (χ2n) is 7.41. The van der Waals surface area contributed by atoms with Gasteiger partial charge in [-0.15, -0.1) is 24.0 Å². The van der Waals surface area contributed by atoms with Gasteiger partial charge < -0.3 is 15.5 Å². The molecule has 2 unspecified atom stereocenters. The lowest BCUT2D eigenvalue weighted by Gasteiger charge is -2.24. The lowest BCUT2D eigenvalue weighted by atomic mass is 10.1. The van der Waals surface area contributed by atoms with E-state index in [9.17, 15) is 0 Å². The summed E-state index contributed by atoms with van der Waals surface area (Å²) in [6.07, 6.45) is 6.84. The summed E-state index contributed by atoms with van der Waals surface area (Å²) in [6, 6.07) is 1.60. The predicted molar refractivity (Wildman–Crippen MR) is 112 cm³/mol. The van der Waals surface area contributed by atoms with Crippen LogP contribution in [0.15, 0.2) is 4.99 Å². The number of hydrogen-bond acceptors (Lipinski definition) is 3. The maximum Gasteiger partial charge on any atom is 0.191 e. The van der Waals surface area contributed by atoms with Crippen LogP contribution in [0.4, 0.5) is 0 Å². The molecule has 140 valence electrons. The molecule has 3 fully saturated rings. The minimum absolute atomic E-state index is 0. The Labute approximate surface area is 165 Å². The summed E-state index contributed by atoms with van der Waals surface area (Å²) < 4.78 is 0. The van der Waals surface area contributed by atoms with Crippen LogP contribution in [0.2, 0.25) is 0 Å². The Balaban J connectivity index is 0.00000208. The van der Waals surface area contributed by atoms with Gasteiger partial charge in [0, 0.05) is 38.3 Å². The highest BCUT2D eigenvalue weighted by molar-refractivity contribution is 14.0. The lowest BCUT2D eigenvalue weighted by molar-refractivity contribution is 0.267. The molecule has 6 heteroatoms. The number of halogens is 1. The molecule has 0 bridgehead atoms. The van der Waals surface area contributed by atoms with Crippen molar-refractivity contribution in [3.05, 3.63) is 0 Å². The van der Waals surface area contributed by atoms with Crippen LogP contribution in [0.5, 0.6) is 0 Å². The number of likely N-dealkylation sites (N-methyl/N-ethyl adjacent to an activating group) is 1. The number of nitrogens with zero attached hydrogens (tertiary/aromatic N) is 3. The van der Waals surface area contributed by atoms with Crippen molar-refractivity contribution in [2.75, 3.05) is 45.8 Å². The molecule has 5 nitrogen and oxygen atoms in total. The first-order valence-corrected chi connectivity index (χ1v) is 9.80. The van der Waals surface area contributed by atoms with Crippen LogP contribution in [0.25, 0.3) is 0 Å². The van der Waals surface area contributed by atoms with E-state index in [1.807, 2.05) is 0 Å². The van der Waals surface area contributed by atoms with Crippen LogP contribution in [0, 0.1) is 5.92 Å². The van der Waals surface area contributed by atoms with Gasteiger partial charge in [0.25, 0.3) is 0 Å². The van der Waals surface area contributed by atoms with Gasteiger partial charge in [-0.25, -0.2) is 0 Å². The summed E-state index contributed by atoms with van der Waals surface area (Å²) in [6.45, 7) is 12.3.